The fourth-order valence-electron chi connectivity index (χ4n) is 2.33. The zero-order chi connectivity index (χ0) is 14.9. The Kier molecular flexibility index (Phi) is 4.32. The molecule has 2 rings (SSSR count). The van der Waals surface area contributed by atoms with E-state index < -0.39 is 4.92 Å². The summed E-state index contributed by atoms with van der Waals surface area (Å²) in [6, 6.07) is 4.60. The first-order chi connectivity index (χ1) is 9.41. The molecule has 1 amide bonds. The molecule has 0 aromatic heterocycles. The summed E-state index contributed by atoms with van der Waals surface area (Å²) in [5.74, 6) is 0.802. The second-order valence-corrected chi connectivity index (χ2v) is 6.56. The minimum Gasteiger partial charge on any atom is -0.334 e. The number of carbonyl (C=O) groups excluding carboxylic acids is 1. The van der Waals surface area contributed by atoms with Crippen LogP contribution in [-0.2, 0) is 0 Å². The van der Waals surface area contributed by atoms with Crippen LogP contribution in [0.2, 0.25) is 0 Å². The predicted octanol–water partition coefficient (Wildman–Crippen LogP) is 2.87. The second-order valence-electron chi connectivity index (χ2n) is 5.07. The van der Waals surface area contributed by atoms with Gasteiger partial charge in [-0.1, -0.05) is 13.0 Å². The normalized spacial score (nSPS) is 22.6. The first-order valence-corrected chi connectivity index (χ1v) is 7.64. The van der Waals surface area contributed by atoms with Crippen LogP contribution in [0.1, 0.15) is 29.8 Å². The van der Waals surface area contributed by atoms with Gasteiger partial charge in [0.1, 0.15) is 0 Å². The van der Waals surface area contributed by atoms with Gasteiger partial charge in [0.05, 0.1) is 4.92 Å². The fraction of sp³-hybridized carbons (Fsp3) is 0.500. The highest BCUT2D eigenvalue weighted by atomic mass is 32.2. The molecule has 5 nitrogen and oxygen atoms in total. The number of non-ortho nitro benzene ring substituents is 1. The van der Waals surface area contributed by atoms with Crippen molar-refractivity contribution in [3.63, 3.8) is 0 Å². The summed E-state index contributed by atoms with van der Waals surface area (Å²) in [5, 5.41) is 11.2. The van der Waals surface area contributed by atoms with Gasteiger partial charge in [0.2, 0.25) is 0 Å². The average Bonchev–Trinajstić information content (AvgIpc) is 2.41. The van der Waals surface area contributed by atoms with Gasteiger partial charge in [0.25, 0.3) is 11.6 Å². The molecule has 1 fully saturated rings. The lowest BCUT2D eigenvalue weighted by Crippen LogP contribution is -2.48. The molecule has 6 heteroatoms. The predicted molar refractivity (Wildman–Crippen MR) is 80.3 cm³/mol. The van der Waals surface area contributed by atoms with Crippen molar-refractivity contribution in [2.24, 2.45) is 0 Å². The van der Waals surface area contributed by atoms with E-state index in [9.17, 15) is 14.9 Å². The van der Waals surface area contributed by atoms with Gasteiger partial charge < -0.3 is 4.90 Å². The van der Waals surface area contributed by atoms with Crippen LogP contribution in [0, 0.1) is 17.0 Å². The molecule has 20 heavy (non-hydrogen) atoms. The van der Waals surface area contributed by atoms with Gasteiger partial charge in [0, 0.05) is 41.3 Å². The van der Waals surface area contributed by atoms with Crippen molar-refractivity contribution >= 4 is 23.4 Å². The molecular weight excluding hydrogens is 276 g/mol. The number of nitro benzene ring substituents is 1. The molecule has 0 radical (unpaired) electrons. The Morgan fingerprint density at radius 1 is 1.45 bits per heavy atom. The Labute approximate surface area is 122 Å². The Morgan fingerprint density at radius 3 is 2.80 bits per heavy atom. The third-order valence-corrected chi connectivity index (χ3v) is 5.15. The van der Waals surface area contributed by atoms with Gasteiger partial charge >= 0.3 is 0 Å². The largest absolute Gasteiger partial charge is 0.334 e. The number of hydrogen-bond donors (Lipinski definition) is 0. The summed E-state index contributed by atoms with van der Waals surface area (Å²) >= 11 is 1.85. The van der Waals surface area contributed by atoms with Crippen LogP contribution >= 0.6 is 11.8 Å². The summed E-state index contributed by atoms with van der Waals surface area (Å²) in [7, 11) is 0. The van der Waals surface area contributed by atoms with Crippen LogP contribution in [0.3, 0.4) is 0 Å². The van der Waals surface area contributed by atoms with Gasteiger partial charge in [-0.25, -0.2) is 0 Å². The van der Waals surface area contributed by atoms with Crippen molar-refractivity contribution in [3.8, 4) is 0 Å². The Hall–Kier alpha value is -1.56. The first-order valence-electron chi connectivity index (χ1n) is 6.59. The molecule has 1 aliphatic rings. The van der Waals surface area contributed by atoms with E-state index in [0.29, 0.717) is 17.4 Å². The lowest BCUT2D eigenvalue weighted by molar-refractivity contribution is -0.384. The zero-order valence-corrected chi connectivity index (χ0v) is 12.6. The summed E-state index contributed by atoms with van der Waals surface area (Å²) in [4.78, 5) is 24.9. The highest BCUT2D eigenvalue weighted by Crippen LogP contribution is 2.27. The molecule has 108 valence electrons. The van der Waals surface area contributed by atoms with E-state index in [-0.39, 0.29) is 17.6 Å². The number of aryl methyl sites for hydroxylation is 1. The van der Waals surface area contributed by atoms with E-state index in [1.165, 1.54) is 12.1 Å². The van der Waals surface area contributed by atoms with Crippen molar-refractivity contribution < 1.29 is 9.72 Å². The van der Waals surface area contributed by atoms with E-state index in [1.54, 1.807) is 6.07 Å². The number of nitro groups is 1. The topological polar surface area (TPSA) is 63.5 Å². The Bertz CT molecular complexity index is 547. The molecule has 1 aromatic rings. The number of benzene rings is 1. The van der Waals surface area contributed by atoms with E-state index in [2.05, 4.69) is 6.92 Å². The van der Waals surface area contributed by atoms with E-state index >= 15 is 0 Å². The Balaban J connectivity index is 2.33. The smallest absolute Gasteiger partial charge is 0.270 e. The SMILES string of the molecule is Cc1ccc([N+](=O)[O-])cc1C(=O)N1CCS[C@H](C)[C@@H]1C. The first kappa shape index (κ1) is 14.8. The molecule has 0 saturated carbocycles. The molecule has 1 aromatic carbocycles. The number of rotatable bonds is 2. The van der Waals surface area contributed by atoms with Crippen molar-refractivity contribution in [2.75, 3.05) is 12.3 Å². The van der Waals surface area contributed by atoms with Crippen molar-refractivity contribution in [1.82, 2.24) is 4.90 Å². The number of carbonyl (C=O) groups is 1. The number of amides is 1. The highest BCUT2D eigenvalue weighted by Gasteiger charge is 2.30. The molecule has 0 bridgehead atoms. The third kappa shape index (κ3) is 2.80. The molecule has 1 saturated heterocycles. The van der Waals surface area contributed by atoms with Crippen molar-refractivity contribution in [3.05, 3.63) is 39.4 Å². The molecular formula is C14H18N2O3S. The molecule has 0 spiro atoms. The maximum atomic E-state index is 12.6. The second kappa shape index (κ2) is 5.83. The lowest BCUT2D eigenvalue weighted by atomic mass is 10.0. The van der Waals surface area contributed by atoms with E-state index in [0.717, 1.165) is 11.3 Å². The van der Waals surface area contributed by atoms with Gasteiger partial charge in [0.15, 0.2) is 0 Å². The summed E-state index contributed by atoms with van der Waals surface area (Å²) in [6.07, 6.45) is 0. The minimum atomic E-state index is -0.464. The van der Waals surface area contributed by atoms with Crippen LogP contribution < -0.4 is 0 Å². The number of thioether (sulfide) groups is 1. The van der Waals surface area contributed by atoms with Gasteiger partial charge in [-0.05, 0) is 19.4 Å². The summed E-state index contributed by atoms with van der Waals surface area (Å²) in [5.41, 5.74) is 1.18. The molecule has 1 aliphatic heterocycles. The number of nitrogens with zero attached hydrogens (tertiary/aromatic N) is 2. The third-order valence-electron chi connectivity index (χ3n) is 3.81. The molecule has 0 aliphatic carbocycles. The maximum Gasteiger partial charge on any atom is 0.270 e. The average molecular weight is 294 g/mol. The van der Waals surface area contributed by atoms with E-state index in [1.807, 2.05) is 30.5 Å². The Morgan fingerprint density at radius 2 is 2.15 bits per heavy atom. The van der Waals surface area contributed by atoms with Gasteiger partial charge in [-0.3, -0.25) is 14.9 Å². The minimum absolute atomic E-state index is 0.0361. The fourth-order valence-corrected chi connectivity index (χ4v) is 3.43. The van der Waals surface area contributed by atoms with Crippen molar-refractivity contribution in [2.45, 2.75) is 32.1 Å². The summed E-state index contributed by atoms with van der Waals surface area (Å²) < 4.78 is 0. The zero-order valence-electron chi connectivity index (χ0n) is 11.8. The molecule has 0 N–H and O–H groups in total. The van der Waals surface area contributed by atoms with Gasteiger partial charge in [-0.2, -0.15) is 11.8 Å². The summed E-state index contributed by atoms with van der Waals surface area (Å²) in [6.45, 7) is 6.64. The van der Waals surface area contributed by atoms with E-state index in [4.69, 9.17) is 0 Å². The van der Waals surface area contributed by atoms with Crippen LogP contribution in [0.25, 0.3) is 0 Å². The van der Waals surface area contributed by atoms with Crippen LogP contribution in [0.15, 0.2) is 18.2 Å². The quantitative estimate of drug-likeness (QED) is 0.621. The number of hydrogen-bond acceptors (Lipinski definition) is 4. The standard InChI is InChI=1S/C14H18N2O3S/c1-9-4-5-12(16(18)19)8-13(9)14(17)15-6-7-20-11(3)10(15)2/h4-5,8,10-11H,6-7H2,1-3H3/t10-,11+/m0/s1. The molecule has 2 atom stereocenters. The lowest BCUT2D eigenvalue weighted by Gasteiger charge is -2.37. The van der Waals surface area contributed by atoms with Crippen LogP contribution in [0.5, 0.6) is 0 Å². The maximum absolute atomic E-state index is 12.6. The highest BCUT2D eigenvalue weighted by molar-refractivity contribution is 8.00. The molecule has 1 heterocycles. The van der Waals surface area contributed by atoms with Crippen LogP contribution in [0.4, 0.5) is 5.69 Å². The monoisotopic (exact) mass is 294 g/mol. The van der Waals surface area contributed by atoms with Crippen LogP contribution in [-0.4, -0.2) is 39.3 Å². The molecule has 0 unspecified atom stereocenters. The van der Waals surface area contributed by atoms with Crippen molar-refractivity contribution in [1.29, 1.82) is 0 Å². The van der Waals surface area contributed by atoms with Gasteiger partial charge in [-0.15, -0.1) is 0 Å².